The number of hydrogen-bond donors (Lipinski definition) is 1. The van der Waals surface area contributed by atoms with Crippen LogP contribution in [0.1, 0.15) is 12.8 Å². The molecule has 7 heteroatoms. The molecule has 0 unspecified atom stereocenters. The first kappa shape index (κ1) is 19.5. The topological polar surface area (TPSA) is 53.7 Å². The van der Waals surface area contributed by atoms with E-state index in [1.54, 1.807) is 4.57 Å². The second-order valence-electron chi connectivity index (χ2n) is 7.46. The Morgan fingerprint density at radius 2 is 1.72 bits per heavy atom. The summed E-state index contributed by atoms with van der Waals surface area (Å²) in [6, 6.07) is 12.5. The molecule has 1 aliphatic heterocycles. The molecule has 1 fully saturated rings. The van der Waals surface area contributed by atoms with Gasteiger partial charge in [0.1, 0.15) is 5.82 Å². The predicted molar refractivity (Wildman–Crippen MR) is 114 cm³/mol. The first-order valence-corrected chi connectivity index (χ1v) is 10.2. The summed E-state index contributed by atoms with van der Waals surface area (Å²) in [7, 11) is 1.84. The molecule has 0 radical (unpaired) electrons. The van der Waals surface area contributed by atoms with Crippen molar-refractivity contribution in [3.8, 4) is 0 Å². The van der Waals surface area contributed by atoms with Gasteiger partial charge in [-0.3, -0.25) is 9.47 Å². The fraction of sp³-hybridized carbons (Fsp3) is 0.409. The second kappa shape index (κ2) is 8.69. The summed E-state index contributed by atoms with van der Waals surface area (Å²) < 4.78 is 20.2. The van der Waals surface area contributed by atoms with Gasteiger partial charge in [0, 0.05) is 57.2 Å². The molecule has 1 N–H and O–H groups in total. The monoisotopic (exact) mass is 398 g/mol. The number of nitrogens with one attached hydrogen (secondary N) is 1. The van der Waals surface area contributed by atoms with Gasteiger partial charge in [0.2, 0.25) is 0 Å². The third-order valence-electron chi connectivity index (χ3n) is 5.63. The van der Waals surface area contributed by atoms with Crippen LogP contribution in [-0.2, 0) is 6.54 Å². The van der Waals surface area contributed by atoms with Gasteiger partial charge in [-0.15, -0.1) is 0 Å². The molecule has 4 rings (SSSR count). The summed E-state index contributed by atoms with van der Waals surface area (Å²) >= 11 is 0. The first-order valence-electron chi connectivity index (χ1n) is 10.2. The molecule has 3 aromatic rings. The molecule has 0 spiro atoms. The quantitative estimate of drug-likeness (QED) is 0.619. The maximum Gasteiger partial charge on any atom is 0.419 e. The number of rotatable bonds is 7. The Hall–Kier alpha value is -2.80. The Kier molecular flexibility index (Phi) is 5.85. The van der Waals surface area contributed by atoms with E-state index in [9.17, 15) is 9.18 Å². The summed E-state index contributed by atoms with van der Waals surface area (Å²) in [6.45, 7) is 5.58. The minimum absolute atomic E-state index is 0.195. The fourth-order valence-corrected chi connectivity index (χ4v) is 3.92. The molecule has 0 saturated carbocycles. The van der Waals surface area contributed by atoms with Gasteiger partial charge in [-0.2, -0.15) is 0 Å². The summed E-state index contributed by atoms with van der Waals surface area (Å²) in [6.07, 6.45) is 1.96. The van der Waals surface area contributed by atoms with Crippen molar-refractivity contribution in [3.63, 3.8) is 0 Å². The predicted octanol–water partition coefficient (Wildman–Crippen LogP) is 3.38. The van der Waals surface area contributed by atoms with Crippen LogP contribution in [0, 0.1) is 5.82 Å². The van der Waals surface area contributed by atoms with Crippen molar-refractivity contribution in [1.82, 2.24) is 9.47 Å². The first-order chi connectivity index (χ1) is 14.1. The lowest BCUT2D eigenvalue weighted by Crippen LogP contribution is -2.46. The van der Waals surface area contributed by atoms with Crippen molar-refractivity contribution >= 4 is 22.5 Å². The van der Waals surface area contributed by atoms with Crippen molar-refractivity contribution in [2.75, 3.05) is 50.0 Å². The Balaban J connectivity index is 1.24. The Morgan fingerprint density at radius 3 is 2.45 bits per heavy atom. The molecular formula is C22H27FN4O2. The Bertz CT molecular complexity index is 1000. The van der Waals surface area contributed by atoms with Crippen LogP contribution < -0.4 is 16.0 Å². The number of fused-ring (bicyclic) bond motifs is 1. The molecule has 1 saturated heterocycles. The number of unbranched alkanes of at least 4 members (excludes halogenated alkanes) is 1. The maximum absolute atomic E-state index is 13.1. The van der Waals surface area contributed by atoms with Gasteiger partial charge in [0.25, 0.3) is 0 Å². The van der Waals surface area contributed by atoms with E-state index in [2.05, 4.69) is 15.1 Å². The number of nitrogens with zero attached hydrogens (tertiary/aromatic N) is 3. The number of hydrogen-bond acceptors (Lipinski definition) is 5. The lowest BCUT2D eigenvalue weighted by Gasteiger charge is -2.36. The van der Waals surface area contributed by atoms with Crippen molar-refractivity contribution in [2.45, 2.75) is 19.4 Å². The molecule has 0 aliphatic carbocycles. The van der Waals surface area contributed by atoms with Gasteiger partial charge in [-0.1, -0.05) is 0 Å². The van der Waals surface area contributed by atoms with E-state index in [0.717, 1.165) is 62.5 Å². The standard InChI is InChI=1S/C22H27FN4O2/c1-24-18-6-9-20-21(16-18)29-22(28)27(20)11-3-2-10-25-12-14-26(15-13-25)19-7-4-17(23)5-8-19/h4-9,16,24H,2-3,10-15H2,1H3. The molecule has 1 aliphatic rings. The molecule has 154 valence electrons. The zero-order valence-corrected chi connectivity index (χ0v) is 16.7. The zero-order chi connectivity index (χ0) is 20.2. The Morgan fingerprint density at radius 1 is 1.00 bits per heavy atom. The molecule has 6 nitrogen and oxygen atoms in total. The van der Waals surface area contributed by atoms with Crippen LogP contribution in [-0.4, -0.2) is 49.2 Å². The SMILES string of the molecule is CNc1ccc2c(c1)oc(=O)n2CCCCN1CCN(c2ccc(F)cc2)CC1. The van der Waals surface area contributed by atoms with Crippen LogP contribution in [0.25, 0.3) is 11.1 Å². The normalized spacial score (nSPS) is 15.2. The fourth-order valence-electron chi connectivity index (χ4n) is 3.92. The second-order valence-corrected chi connectivity index (χ2v) is 7.46. The van der Waals surface area contributed by atoms with Crippen LogP contribution in [0.4, 0.5) is 15.8 Å². The highest BCUT2D eigenvalue weighted by Gasteiger charge is 2.17. The number of halogens is 1. The Labute approximate surface area is 169 Å². The van der Waals surface area contributed by atoms with E-state index in [0.29, 0.717) is 12.1 Å². The van der Waals surface area contributed by atoms with Crippen LogP contribution in [0.2, 0.25) is 0 Å². The lowest BCUT2D eigenvalue weighted by atomic mass is 10.2. The van der Waals surface area contributed by atoms with Crippen molar-refractivity contribution in [1.29, 1.82) is 0 Å². The van der Waals surface area contributed by atoms with Gasteiger partial charge in [-0.25, -0.2) is 9.18 Å². The summed E-state index contributed by atoms with van der Waals surface area (Å²) in [5.41, 5.74) is 3.48. The molecule has 2 heterocycles. The van der Waals surface area contributed by atoms with Crippen molar-refractivity contribution in [3.05, 3.63) is 58.8 Å². The summed E-state index contributed by atoms with van der Waals surface area (Å²) in [5.74, 6) is -0.486. The number of anilines is 2. The third-order valence-corrected chi connectivity index (χ3v) is 5.63. The van der Waals surface area contributed by atoms with Crippen molar-refractivity contribution in [2.24, 2.45) is 0 Å². The molecule has 29 heavy (non-hydrogen) atoms. The number of aromatic nitrogens is 1. The minimum atomic E-state index is -0.291. The smallest absolute Gasteiger partial charge is 0.408 e. The average Bonchev–Trinajstić information content (AvgIpc) is 3.06. The van der Waals surface area contributed by atoms with E-state index < -0.39 is 0 Å². The van der Waals surface area contributed by atoms with E-state index >= 15 is 0 Å². The van der Waals surface area contributed by atoms with Gasteiger partial charge in [0.05, 0.1) is 5.52 Å². The van der Waals surface area contributed by atoms with E-state index in [-0.39, 0.29) is 11.6 Å². The molecule has 1 aromatic heterocycles. The molecular weight excluding hydrogens is 371 g/mol. The van der Waals surface area contributed by atoms with Crippen LogP contribution in [0.5, 0.6) is 0 Å². The van der Waals surface area contributed by atoms with Gasteiger partial charge in [-0.05, 0) is 55.8 Å². The zero-order valence-electron chi connectivity index (χ0n) is 16.7. The highest BCUT2D eigenvalue weighted by molar-refractivity contribution is 5.77. The molecule has 0 amide bonds. The van der Waals surface area contributed by atoms with Gasteiger partial charge >= 0.3 is 5.76 Å². The third kappa shape index (κ3) is 4.45. The van der Waals surface area contributed by atoms with Crippen LogP contribution >= 0.6 is 0 Å². The van der Waals surface area contributed by atoms with Crippen LogP contribution in [0.3, 0.4) is 0 Å². The number of benzene rings is 2. The summed E-state index contributed by atoms with van der Waals surface area (Å²) in [5, 5.41) is 3.06. The molecule has 0 bridgehead atoms. The average molecular weight is 398 g/mol. The van der Waals surface area contributed by atoms with E-state index in [1.165, 1.54) is 12.1 Å². The van der Waals surface area contributed by atoms with E-state index in [1.807, 2.05) is 37.4 Å². The van der Waals surface area contributed by atoms with Crippen LogP contribution in [0.15, 0.2) is 51.7 Å². The molecule has 2 aromatic carbocycles. The number of oxazole rings is 1. The minimum Gasteiger partial charge on any atom is -0.408 e. The highest BCUT2D eigenvalue weighted by Crippen LogP contribution is 2.19. The summed E-state index contributed by atoms with van der Waals surface area (Å²) in [4.78, 5) is 16.9. The van der Waals surface area contributed by atoms with Gasteiger partial charge in [0.15, 0.2) is 5.58 Å². The number of aryl methyl sites for hydroxylation is 1. The van der Waals surface area contributed by atoms with Crippen molar-refractivity contribution < 1.29 is 8.81 Å². The highest BCUT2D eigenvalue weighted by atomic mass is 19.1. The largest absolute Gasteiger partial charge is 0.419 e. The maximum atomic E-state index is 13.1. The molecule has 0 atom stereocenters. The van der Waals surface area contributed by atoms with E-state index in [4.69, 9.17) is 4.42 Å². The number of piperazine rings is 1. The van der Waals surface area contributed by atoms with Gasteiger partial charge < -0.3 is 14.6 Å². The lowest BCUT2D eigenvalue weighted by molar-refractivity contribution is 0.251.